The van der Waals surface area contributed by atoms with Gasteiger partial charge in [-0.3, -0.25) is 0 Å². The van der Waals surface area contributed by atoms with Crippen LogP contribution in [0.2, 0.25) is 0 Å². The molecule has 0 aliphatic carbocycles. The monoisotopic (exact) mass is 221 g/mol. The summed E-state index contributed by atoms with van der Waals surface area (Å²) in [5.74, 6) is 0. The van der Waals surface area contributed by atoms with Gasteiger partial charge in [0.05, 0.1) is 12.5 Å². The maximum Gasteiger partial charge on any atom is 0.0947 e. The minimum atomic E-state index is 0.904. The van der Waals surface area contributed by atoms with Crippen molar-refractivity contribution in [1.29, 1.82) is 0 Å². The van der Waals surface area contributed by atoms with Gasteiger partial charge in [-0.1, -0.05) is 6.07 Å². The predicted molar refractivity (Wildman–Crippen MR) is 63.1 cm³/mol. The topological polar surface area (TPSA) is 25.2 Å². The molecule has 80 valence electrons. The minimum absolute atomic E-state index is 0.904. The van der Waals surface area contributed by atoms with E-state index in [1.54, 1.807) is 12.5 Å². The molecule has 0 saturated carbocycles. The molecule has 0 spiro atoms. The Kier molecular flexibility index (Phi) is 4.00. The Morgan fingerprint density at radius 3 is 3.07 bits per heavy atom. The third-order valence-electron chi connectivity index (χ3n) is 2.27. The van der Waals surface area contributed by atoms with Gasteiger partial charge in [-0.15, -0.1) is 11.3 Å². The first-order valence-electron chi connectivity index (χ1n) is 5.19. The summed E-state index contributed by atoms with van der Waals surface area (Å²) in [4.78, 5) is 1.47. The van der Waals surface area contributed by atoms with Gasteiger partial charge in [0, 0.05) is 17.0 Å². The van der Waals surface area contributed by atoms with Crippen molar-refractivity contribution >= 4 is 11.3 Å². The second-order valence-corrected chi connectivity index (χ2v) is 4.52. The van der Waals surface area contributed by atoms with E-state index in [1.165, 1.54) is 23.3 Å². The van der Waals surface area contributed by atoms with Gasteiger partial charge < -0.3 is 9.73 Å². The summed E-state index contributed by atoms with van der Waals surface area (Å²) in [6.45, 7) is 1.96. The number of hydrogen-bond donors (Lipinski definition) is 1. The van der Waals surface area contributed by atoms with Gasteiger partial charge in [0.1, 0.15) is 0 Å². The third kappa shape index (κ3) is 3.53. The number of rotatable bonds is 6. The fourth-order valence-electron chi connectivity index (χ4n) is 1.47. The molecular weight excluding hydrogens is 206 g/mol. The molecule has 3 heteroatoms. The van der Waals surface area contributed by atoms with Crippen LogP contribution in [0.25, 0.3) is 0 Å². The van der Waals surface area contributed by atoms with Crippen molar-refractivity contribution in [3.63, 3.8) is 0 Å². The standard InChI is InChI=1S/C12H15NOS/c1(3-12-4-2-8-15-12)6-13-9-11-5-7-14-10-11/h2,4-5,7-8,10,13H,1,3,6,9H2. The summed E-state index contributed by atoms with van der Waals surface area (Å²) in [5, 5.41) is 5.53. The van der Waals surface area contributed by atoms with Crippen molar-refractivity contribution in [1.82, 2.24) is 5.32 Å². The Hall–Kier alpha value is -1.06. The first-order chi connectivity index (χ1) is 7.45. The van der Waals surface area contributed by atoms with Crippen LogP contribution in [0.3, 0.4) is 0 Å². The second kappa shape index (κ2) is 5.73. The van der Waals surface area contributed by atoms with E-state index in [0.29, 0.717) is 0 Å². The summed E-state index contributed by atoms with van der Waals surface area (Å²) in [7, 11) is 0. The molecule has 2 heterocycles. The Morgan fingerprint density at radius 2 is 2.33 bits per heavy atom. The van der Waals surface area contributed by atoms with Crippen molar-refractivity contribution < 1.29 is 4.42 Å². The Labute approximate surface area is 93.9 Å². The molecule has 0 fully saturated rings. The van der Waals surface area contributed by atoms with Crippen LogP contribution >= 0.6 is 11.3 Å². The highest BCUT2D eigenvalue weighted by Crippen LogP contribution is 2.10. The first-order valence-corrected chi connectivity index (χ1v) is 6.07. The molecule has 15 heavy (non-hydrogen) atoms. The second-order valence-electron chi connectivity index (χ2n) is 3.49. The fraction of sp³-hybridized carbons (Fsp3) is 0.333. The molecule has 0 unspecified atom stereocenters. The van der Waals surface area contributed by atoms with Crippen LogP contribution < -0.4 is 5.32 Å². The smallest absolute Gasteiger partial charge is 0.0947 e. The van der Waals surface area contributed by atoms with E-state index in [0.717, 1.165) is 13.1 Å². The molecule has 0 aliphatic heterocycles. The quantitative estimate of drug-likeness (QED) is 0.758. The van der Waals surface area contributed by atoms with Crippen molar-refractivity contribution in [3.8, 4) is 0 Å². The van der Waals surface area contributed by atoms with Crippen LogP contribution in [0.5, 0.6) is 0 Å². The maximum absolute atomic E-state index is 4.99. The summed E-state index contributed by atoms with van der Waals surface area (Å²) in [5.41, 5.74) is 1.21. The lowest BCUT2D eigenvalue weighted by Crippen LogP contribution is -2.14. The van der Waals surface area contributed by atoms with Crippen molar-refractivity contribution in [2.45, 2.75) is 19.4 Å². The SMILES string of the molecule is c1csc(CCCNCc2ccoc2)c1. The van der Waals surface area contributed by atoms with E-state index in [2.05, 4.69) is 22.8 Å². The molecule has 0 saturated heterocycles. The van der Waals surface area contributed by atoms with Gasteiger partial charge in [0.25, 0.3) is 0 Å². The number of aryl methyl sites for hydroxylation is 1. The van der Waals surface area contributed by atoms with Crippen molar-refractivity contribution in [2.75, 3.05) is 6.54 Å². The molecule has 2 aromatic rings. The number of nitrogens with one attached hydrogen (secondary N) is 1. The number of furan rings is 1. The van der Waals surface area contributed by atoms with E-state index >= 15 is 0 Å². The minimum Gasteiger partial charge on any atom is -0.472 e. The highest BCUT2D eigenvalue weighted by atomic mass is 32.1. The van der Waals surface area contributed by atoms with Crippen LogP contribution in [0.15, 0.2) is 40.5 Å². The molecule has 1 N–H and O–H groups in total. The number of thiophene rings is 1. The lowest BCUT2D eigenvalue weighted by molar-refractivity contribution is 0.559. The van der Waals surface area contributed by atoms with Crippen LogP contribution in [0.1, 0.15) is 16.9 Å². The summed E-state index contributed by atoms with van der Waals surface area (Å²) in [6.07, 6.45) is 5.86. The zero-order valence-electron chi connectivity index (χ0n) is 8.61. The van der Waals surface area contributed by atoms with Crippen LogP contribution in [0.4, 0.5) is 0 Å². The largest absolute Gasteiger partial charge is 0.472 e. The van der Waals surface area contributed by atoms with Crippen molar-refractivity contribution in [3.05, 3.63) is 46.5 Å². The third-order valence-corrected chi connectivity index (χ3v) is 3.20. The van der Waals surface area contributed by atoms with Crippen LogP contribution in [-0.4, -0.2) is 6.54 Å². The first kappa shape index (κ1) is 10.5. The summed E-state index contributed by atoms with van der Waals surface area (Å²) in [6, 6.07) is 6.30. The van der Waals surface area contributed by atoms with Gasteiger partial charge in [0.2, 0.25) is 0 Å². The summed E-state index contributed by atoms with van der Waals surface area (Å²) >= 11 is 1.84. The lowest BCUT2D eigenvalue weighted by atomic mass is 10.2. The van der Waals surface area contributed by atoms with E-state index in [4.69, 9.17) is 4.42 Å². The van der Waals surface area contributed by atoms with Gasteiger partial charge in [0.15, 0.2) is 0 Å². The van der Waals surface area contributed by atoms with E-state index in [9.17, 15) is 0 Å². The van der Waals surface area contributed by atoms with Crippen molar-refractivity contribution in [2.24, 2.45) is 0 Å². The molecule has 0 bridgehead atoms. The van der Waals surface area contributed by atoms with Crippen LogP contribution in [-0.2, 0) is 13.0 Å². The molecule has 2 nitrogen and oxygen atoms in total. The Bertz CT molecular complexity index is 317. The Morgan fingerprint density at radius 1 is 1.33 bits per heavy atom. The predicted octanol–water partition coefficient (Wildman–Crippen LogP) is 3.06. The summed E-state index contributed by atoms with van der Waals surface area (Å²) < 4.78 is 4.99. The average molecular weight is 221 g/mol. The number of hydrogen-bond acceptors (Lipinski definition) is 3. The highest BCUT2D eigenvalue weighted by Gasteiger charge is 1.95. The van der Waals surface area contributed by atoms with Crippen LogP contribution in [0, 0.1) is 0 Å². The van der Waals surface area contributed by atoms with Gasteiger partial charge >= 0.3 is 0 Å². The average Bonchev–Trinajstić information content (AvgIpc) is 2.88. The zero-order valence-corrected chi connectivity index (χ0v) is 9.43. The molecule has 2 aromatic heterocycles. The molecule has 0 aromatic carbocycles. The van der Waals surface area contributed by atoms with Gasteiger partial charge in [-0.25, -0.2) is 0 Å². The normalized spacial score (nSPS) is 10.7. The van der Waals surface area contributed by atoms with Gasteiger partial charge in [-0.2, -0.15) is 0 Å². The highest BCUT2D eigenvalue weighted by molar-refractivity contribution is 7.09. The lowest BCUT2D eigenvalue weighted by Gasteiger charge is -2.01. The fourth-order valence-corrected chi connectivity index (χ4v) is 2.22. The Balaban J connectivity index is 1.56. The maximum atomic E-state index is 4.99. The molecule has 0 radical (unpaired) electrons. The molecule has 2 rings (SSSR count). The molecular formula is C12H15NOS. The van der Waals surface area contributed by atoms with E-state index < -0.39 is 0 Å². The molecule has 0 atom stereocenters. The van der Waals surface area contributed by atoms with E-state index in [-0.39, 0.29) is 0 Å². The van der Waals surface area contributed by atoms with E-state index in [1.807, 2.05) is 17.4 Å². The molecule has 0 amide bonds. The van der Waals surface area contributed by atoms with Gasteiger partial charge in [-0.05, 0) is 36.9 Å². The zero-order chi connectivity index (χ0) is 10.3. The molecule has 0 aliphatic rings.